The molecule has 6 heteroatoms. The highest BCUT2D eigenvalue weighted by atomic mass is 16.2. The van der Waals surface area contributed by atoms with Crippen molar-refractivity contribution in [3.05, 3.63) is 102 Å². The van der Waals surface area contributed by atoms with Gasteiger partial charge in [-0.05, 0) is 31.9 Å². The first-order valence-electron chi connectivity index (χ1n) is 11.1. The molecule has 2 atom stereocenters. The smallest absolute Gasteiger partial charge is 0.272 e. The molecule has 0 fully saturated rings. The van der Waals surface area contributed by atoms with Crippen LogP contribution in [0.1, 0.15) is 30.5 Å². The average molecular weight is 441 g/mol. The van der Waals surface area contributed by atoms with E-state index in [1.54, 1.807) is 4.90 Å². The van der Waals surface area contributed by atoms with Gasteiger partial charge >= 0.3 is 0 Å². The number of rotatable bonds is 6. The summed E-state index contributed by atoms with van der Waals surface area (Å²) in [4.78, 5) is 33.1. The Labute approximate surface area is 194 Å². The Morgan fingerprint density at radius 3 is 2.24 bits per heavy atom. The zero-order valence-electron chi connectivity index (χ0n) is 18.8. The maximum Gasteiger partial charge on any atom is 0.272 e. The third-order valence-corrected chi connectivity index (χ3v) is 5.63. The van der Waals surface area contributed by atoms with E-state index >= 15 is 0 Å². The lowest BCUT2D eigenvalue weighted by Crippen LogP contribution is -2.53. The van der Waals surface area contributed by atoms with Crippen LogP contribution in [0.2, 0.25) is 0 Å². The summed E-state index contributed by atoms with van der Waals surface area (Å²) in [6.07, 6.45) is -0.707. The first-order valence-corrected chi connectivity index (χ1v) is 11.1. The molecular formula is C27H28N4O2. The van der Waals surface area contributed by atoms with Crippen LogP contribution in [-0.2, 0) is 16.0 Å². The van der Waals surface area contributed by atoms with E-state index in [1.807, 2.05) is 98.8 Å². The molecule has 4 rings (SSSR count). The van der Waals surface area contributed by atoms with Gasteiger partial charge in [-0.15, -0.1) is 0 Å². The number of benzodiazepines with no additional fused rings is 1. The number of carbonyl (C=O) groups is 2. The lowest BCUT2D eigenvalue weighted by atomic mass is 10.00. The van der Waals surface area contributed by atoms with Gasteiger partial charge in [0.2, 0.25) is 12.1 Å². The summed E-state index contributed by atoms with van der Waals surface area (Å²) >= 11 is 0. The van der Waals surface area contributed by atoms with Crippen LogP contribution in [0.15, 0.2) is 89.9 Å². The highest BCUT2D eigenvalue weighted by molar-refractivity contribution is 6.20. The molecule has 1 heterocycles. The van der Waals surface area contributed by atoms with Gasteiger partial charge in [-0.3, -0.25) is 9.59 Å². The minimum atomic E-state index is -1.08. The second-order valence-electron chi connectivity index (χ2n) is 8.37. The Morgan fingerprint density at radius 2 is 1.58 bits per heavy atom. The topological polar surface area (TPSA) is 87.8 Å². The second kappa shape index (κ2) is 9.79. The number of para-hydroxylation sites is 1. The van der Waals surface area contributed by atoms with E-state index in [9.17, 15) is 9.59 Å². The molecule has 0 unspecified atom stereocenters. The van der Waals surface area contributed by atoms with Crippen LogP contribution < -0.4 is 16.0 Å². The van der Waals surface area contributed by atoms with E-state index in [1.165, 1.54) is 0 Å². The SMILES string of the molecule is CC(C)N1C(=O)[C@H](NC(=O)[C@H](N)Cc2ccccc2)N=C(c2ccccc2)c2ccccc21. The van der Waals surface area contributed by atoms with Gasteiger partial charge in [0.25, 0.3) is 5.91 Å². The number of nitrogens with two attached hydrogens (primary N) is 1. The fraction of sp³-hybridized carbons (Fsp3) is 0.222. The average Bonchev–Trinajstić information content (AvgIpc) is 2.94. The summed E-state index contributed by atoms with van der Waals surface area (Å²) in [6, 6.07) is 26.0. The molecule has 0 radical (unpaired) electrons. The normalized spacial score (nSPS) is 16.6. The van der Waals surface area contributed by atoms with Crippen LogP contribution >= 0.6 is 0 Å². The molecule has 0 spiro atoms. The van der Waals surface area contributed by atoms with Crippen molar-refractivity contribution in [3.63, 3.8) is 0 Å². The summed E-state index contributed by atoms with van der Waals surface area (Å²) in [7, 11) is 0. The monoisotopic (exact) mass is 440 g/mol. The Morgan fingerprint density at radius 1 is 0.970 bits per heavy atom. The number of benzene rings is 3. The first-order chi connectivity index (χ1) is 16.0. The third kappa shape index (κ3) is 4.86. The first kappa shape index (κ1) is 22.4. The number of fused-ring (bicyclic) bond motifs is 1. The Balaban J connectivity index is 1.71. The summed E-state index contributed by atoms with van der Waals surface area (Å²) in [5.74, 6) is -0.702. The van der Waals surface area contributed by atoms with Crippen LogP contribution in [-0.4, -0.2) is 35.8 Å². The van der Waals surface area contributed by atoms with Gasteiger partial charge in [0.1, 0.15) is 0 Å². The van der Waals surface area contributed by atoms with Crippen molar-refractivity contribution in [1.29, 1.82) is 0 Å². The second-order valence-corrected chi connectivity index (χ2v) is 8.37. The fourth-order valence-electron chi connectivity index (χ4n) is 4.04. The molecule has 3 N–H and O–H groups in total. The highest BCUT2D eigenvalue weighted by Crippen LogP contribution is 2.29. The zero-order valence-corrected chi connectivity index (χ0v) is 18.8. The molecule has 0 saturated heterocycles. The molecule has 0 aliphatic carbocycles. The number of aliphatic imine (C=N–C) groups is 1. The van der Waals surface area contributed by atoms with Crippen LogP contribution in [0.4, 0.5) is 5.69 Å². The van der Waals surface area contributed by atoms with Gasteiger partial charge in [0.05, 0.1) is 17.4 Å². The van der Waals surface area contributed by atoms with Crippen molar-refractivity contribution >= 4 is 23.2 Å². The van der Waals surface area contributed by atoms with E-state index < -0.39 is 18.1 Å². The van der Waals surface area contributed by atoms with Gasteiger partial charge < -0.3 is 16.0 Å². The molecule has 6 nitrogen and oxygen atoms in total. The lowest BCUT2D eigenvalue weighted by Gasteiger charge is -2.29. The largest absolute Gasteiger partial charge is 0.325 e. The third-order valence-electron chi connectivity index (χ3n) is 5.63. The Kier molecular flexibility index (Phi) is 6.66. The summed E-state index contributed by atoms with van der Waals surface area (Å²) in [5.41, 5.74) is 10.3. The molecule has 0 aromatic heterocycles. The van der Waals surface area contributed by atoms with Crippen molar-refractivity contribution < 1.29 is 9.59 Å². The maximum atomic E-state index is 13.6. The molecule has 168 valence electrons. The summed E-state index contributed by atoms with van der Waals surface area (Å²) in [6.45, 7) is 3.89. The number of hydrogen-bond acceptors (Lipinski definition) is 4. The van der Waals surface area contributed by atoms with Crippen LogP contribution in [0.25, 0.3) is 0 Å². The summed E-state index contributed by atoms with van der Waals surface area (Å²) in [5, 5.41) is 2.81. The number of carbonyl (C=O) groups excluding carboxylic acids is 2. The standard InChI is InChI=1S/C27H28N4O2/c1-18(2)31-23-16-10-9-15-21(23)24(20-13-7-4-8-14-20)29-25(27(31)33)30-26(32)22(28)17-19-11-5-3-6-12-19/h3-16,18,22,25H,17,28H2,1-2H3,(H,30,32)/t22-,25+/m1/s1. The molecule has 1 aliphatic heterocycles. The molecular weight excluding hydrogens is 412 g/mol. The van der Waals surface area contributed by atoms with Crippen molar-refractivity contribution in [1.82, 2.24) is 5.32 Å². The number of amides is 2. The lowest BCUT2D eigenvalue weighted by molar-refractivity contribution is -0.128. The Bertz CT molecular complexity index is 1160. The van der Waals surface area contributed by atoms with Gasteiger partial charge in [0.15, 0.2) is 0 Å². The number of nitrogens with zero attached hydrogens (tertiary/aromatic N) is 2. The van der Waals surface area contributed by atoms with E-state index in [0.29, 0.717) is 12.1 Å². The molecule has 1 aliphatic rings. The highest BCUT2D eigenvalue weighted by Gasteiger charge is 2.35. The van der Waals surface area contributed by atoms with Crippen LogP contribution in [0.3, 0.4) is 0 Å². The van der Waals surface area contributed by atoms with Crippen molar-refractivity contribution in [2.45, 2.75) is 38.5 Å². The number of nitrogens with one attached hydrogen (secondary N) is 1. The summed E-state index contributed by atoms with van der Waals surface area (Å²) < 4.78 is 0. The minimum Gasteiger partial charge on any atom is -0.325 e. The van der Waals surface area contributed by atoms with Gasteiger partial charge in [-0.2, -0.15) is 0 Å². The predicted octanol–water partition coefficient (Wildman–Crippen LogP) is 3.29. The van der Waals surface area contributed by atoms with E-state index in [-0.39, 0.29) is 11.9 Å². The number of hydrogen-bond donors (Lipinski definition) is 2. The maximum absolute atomic E-state index is 13.6. The van der Waals surface area contributed by atoms with Crippen molar-refractivity contribution in [2.24, 2.45) is 10.7 Å². The molecule has 0 bridgehead atoms. The molecule has 3 aromatic rings. The molecule has 2 amide bonds. The van der Waals surface area contributed by atoms with Crippen LogP contribution in [0.5, 0.6) is 0 Å². The fourth-order valence-corrected chi connectivity index (χ4v) is 4.04. The molecule has 3 aromatic carbocycles. The Hall–Kier alpha value is -3.77. The molecule has 0 saturated carbocycles. The van der Waals surface area contributed by atoms with E-state index in [0.717, 1.165) is 22.4 Å². The molecule has 33 heavy (non-hydrogen) atoms. The van der Waals surface area contributed by atoms with Gasteiger partial charge in [-0.25, -0.2) is 4.99 Å². The van der Waals surface area contributed by atoms with Crippen LogP contribution in [0, 0.1) is 0 Å². The van der Waals surface area contributed by atoms with Crippen molar-refractivity contribution in [2.75, 3.05) is 4.90 Å². The van der Waals surface area contributed by atoms with Gasteiger partial charge in [-0.1, -0.05) is 78.9 Å². The van der Waals surface area contributed by atoms with E-state index in [2.05, 4.69) is 5.32 Å². The zero-order chi connectivity index (χ0) is 23.4. The quantitative estimate of drug-likeness (QED) is 0.617. The minimum absolute atomic E-state index is 0.124. The van der Waals surface area contributed by atoms with Gasteiger partial charge in [0, 0.05) is 17.2 Å². The van der Waals surface area contributed by atoms with Crippen molar-refractivity contribution in [3.8, 4) is 0 Å². The predicted molar refractivity (Wildman–Crippen MR) is 131 cm³/mol. The number of anilines is 1. The van der Waals surface area contributed by atoms with E-state index in [4.69, 9.17) is 10.7 Å².